The number of carbonyl (C=O) groups excluding carboxylic acids is 1. The van der Waals surface area contributed by atoms with Crippen LogP contribution in [0.2, 0.25) is 0 Å². The molecule has 1 amide bonds. The molecule has 1 saturated heterocycles. The van der Waals surface area contributed by atoms with Crippen LogP contribution in [0.15, 0.2) is 36.5 Å². The number of amides is 1. The Morgan fingerprint density at radius 2 is 1.91 bits per heavy atom. The van der Waals surface area contributed by atoms with Crippen LogP contribution in [0.25, 0.3) is 22.2 Å². The molecule has 2 aliphatic rings. The van der Waals surface area contributed by atoms with Gasteiger partial charge in [0.25, 0.3) is 0 Å². The molecule has 3 N–H and O–H groups in total. The Bertz CT molecular complexity index is 1100. The van der Waals surface area contributed by atoms with Gasteiger partial charge in [0, 0.05) is 55.8 Å². The van der Waals surface area contributed by atoms with E-state index >= 15 is 0 Å². The van der Waals surface area contributed by atoms with Gasteiger partial charge in [-0.05, 0) is 36.6 Å². The molecule has 1 aromatic carbocycles. The Kier molecular flexibility index (Phi) is 5.71. The van der Waals surface area contributed by atoms with Gasteiger partial charge >= 0.3 is 0 Å². The minimum absolute atomic E-state index is 0.0650. The van der Waals surface area contributed by atoms with Gasteiger partial charge in [0.1, 0.15) is 23.0 Å². The fourth-order valence-electron chi connectivity index (χ4n) is 4.61. The van der Waals surface area contributed by atoms with Crippen molar-refractivity contribution in [2.75, 3.05) is 52.3 Å². The van der Waals surface area contributed by atoms with Crippen molar-refractivity contribution in [3.8, 4) is 22.6 Å². The first kappa shape index (κ1) is 20.8. The fourth-order valence-corrected chi connectivity index (χ4v) is 4.61. The van der Waals surface area contributed by atoms with Gasteiger partial charge in [-0.3, -0.25) is 4.79 Å². The number of H-pyrrole nitrogens is 1. The average molecular weight is 436 g/mol. The molecule has 1 aliphatic heterocycles. The summed E-state index contributed by atoms with van der Waals surface area (Å²) in [5.41, 5.74) is 2.52. The Morgan fingerprint density at radius 1 is 1.16 bits per heavy atom. The van der Waals surface area contributed by atoms with Crippen molar-refractivity contribution in [3.05, 3.63) is 36.5 Å². The highest BCUT2D eigenvalue weighted by Gasteiger charge is 2.43. The second-order valence-corrected chi connectivity index (χ2v) is 8.47. The predicted molar refractivity (Wildman–Crippen MR) is 124 cm³/mol. The third-order valence-electron chi connectivity index (χ3n) is 6.45. The number of hydrogen-bond acceptors (Lipinski definition) is 6. The van der Waals surface area contributed by atoms with Crippen LogP contribution in [0.1, 0.15) is 6.42 Å². The molecule has 3 aromatic rings. The molecular formula is C24H29N5O3. The minimum atomic E-state index is 0.0650. The SMILES string of the molecule is COc1cccc(OC)c1-c1c[nH]c2nc(NC(=O)[C@@H]3C[C@H]3CN3CCNCC3)ccc12. The number of piperazine rings is 1. The zero-order chi connectivity index (χ0) is 22.1. The number of rotatable bonds is 7. The summed E-state index contributed by atoms with van der Waals surface area (Å²) in [5, 5.41) is 7.31. The summed E-state index contributed by atoms with van der Waals surface area (Å²) in [5.74, 6) is 2.62. The Labute approximate surface area is 187 Å². The summed E-state index contributed by atoms with van der Waals surface area (Å²) < 4.78 is 11.1. The third kappa shape index (κ3) is 4.03. The summed E-state index contributed by atoms with van der Waals surface area (Å²) in [7, 11) is 3.29. The largest absolute Gasteiger partial charge is 0.496 e. The van der Waals surface area contributed by atoms with Crippen LogP contribution < -0.4 is 20.1 Å². The number of nitrogens with one attached hydrogen (secondary N) is 3. The van der Waals surface area contributed by atoms with Gasteiger partial charge in [0.15, 0.2) is 0 Å². The number of carbonyl (C=O) groups is 1. The van der Waals surface area contributed by atoms with Gasteiger partial charge < -0.3 is 30.0 Å². The van der Waals surface area contributed by atoms with Crippen molar-refractivity contribution >= 4 is 22.8 Å². The van der Waals surface area contributed by atoms with Crippen LogP contribution in [-0.4, -0.2) is 67.7 Å². The van der Waals surface area contributed by atoms with Crippen LogP contribution in [0.4, 0.5) is 5.82 Å². The maximum atomic E-state index is 12.7. The van der Waals surface area contributed by atoms with E-state index in [1.807, 2.05) is 36.5 Å². The van der Waals surface area contributed by atoms with Crippen LogP contribution in [0.5, 0.6) is 11.5 Å². The maximum Gasteiger partial charge on any atom is 0.228 e. The van der Waals surface area contributed by atoms with Gasteiger partial charge in [-0.1, -0.05) is 6.07 Å². The monoisotopic (exact) mass is 435 g/mol. The van der Waals surface area contributed by atoms with E-state index in [1.54, 1.807) is 14.2 Å². The number of pyridine rings is 1. The number of anilines is 1. The maximum absolute atomic E-state index is 12.7. The zero-order valence-electron chi connectivity index (χ0n) is 18.5. The Hall–Kier alpha value is -3.10. The van der Waals surface area contributed by atoms with E-state index in [-0.39, 0.29) is 11.8 Å². The molecule has 32 heavy (non-hydrogen) atoms. The molecule has 1 aliphatic carbocycles. The van der Waals surface area contributed by atoms with E-state index in [9.17, 15) is 4.79 Å². The highest BCUT2D eigenvalue weighted by atomic mass is 16.5. The lowest BCUT2D eigenvalue weighted by Crippen LogP contribution is -2.44. The average Bonchev–Trinajstić information content (AvgIpc) is 3.47. The van der Waals surface area contributed by atoms with Crippen LogP contribution >= 0.6 is 0 Å². The van der Waals surface area contributed by atoms with Crippen molar-refractivity contribution in [2.24, 2.45) is 11.8 Å². The smallest absolute Gasteiger partial charge is 0.228 e. The molecule has 168 valence electrons. The predicted octanol–water partition coefficient (Wildman–Crippen LogP) is 2.73. The van der Waals surface area contributed by atoms with Gasteiger partial charge in [-0.2, -0.15) is 0 Å². The molecule has 2 aromatic heterocycles. The summed E-state index contributed by atoms with van der Waals surface area (Å²) in [6.07, 6.45) is 2.85. The second-order valence-electron chi connectivity index (χ2n) is 8.47. The van der Waals surface area contributed by atoms with Crippen molar-refractivity contribution in [2.45, 2.75) is 6.42 Å². The molecule has 8 heteroatoms. The van der Waals surface area contributed by atoms with Crippen molar-refractivity contribution in [3.63, 3.8) is 0 Å². The van der Waals surface area contributed by atoms with E-state index in [1.165, 1.54) is 0 Å². The van der Waals surface area contributed by atoms with Crippen LogP contribution in [0.3, 0.4) is 0 Å². The number of benzene rings is 1. The van der Waals surface area contributed by atoms with Gasteiger partial charge in [-0.25, -0.2) is 4.98 Å². The number of nitrogens with zero attached hydrogens (tertiary/aromatic N) is 2. The Morgan fingerprint density at radius 3 is 2.62 bits per heavy atom. The van der Waals surface area contributed by atoms with Crippen molar-refractivity contribution in [1.82, 2.24) is 20.2 Å². The molecule has 5 rings (SSSR count). The van der Waals surface area contributed by atoms with E-state index in [4.69, 9.17) is 9.47 Å². The highest BCUT2D eigenvalue weighted by molar-refractivity contribution is 5.99. The van der Waals surface area contributed by atoms with Crippen LogP contribution in [-0.2, 0) is 4.79 Å². The van der Waals surface area contributed by atoms with Gasteiger partial charge in [0.2, 0.25) is 5.91 Å². The molecule has 0 bridgehead atoms. The Balaban J connectivity index is 1.30. The molecule has 2 atom stereocenters. The first-order valence-corrected chi connectivity index (χ1v) is 11.1. The second kappa shape index (κ2) is 8.80. The van der Waals surface area contributed by atoms with Gasteiger partial charge in [0.05, 0.1) is 19.8 Å². The molecule has 2 fully saturated rings. The number of aromatic nitrogens is 2. The number of ether oxygens (including phenoxy) is 2. The van der Waals surface area contributed by atoms with Crippen molar-refractivity contribution in [1.29, 1.82) is 0 Å². The first-order valence-electron chi connectivity index (χ1n) is 11.1. The lowest BCUT2D eigenvalue weighted by molar-refractivity contribution is -0.117. The van der Waals surface area contributed by atoms with E-state index in [2.05, 4.69) is 25.5 Å². The van der Waals surface area contributed by atoms with Crippen LogP contribution in [0, 0.1) is 11.8 Å². The summed E-state index contributed by atoms with van der Waals surface area (Å²) in [4.78, 5) is 23.0. The lowest BCUT2D eigenvalue weighted by Gasteiger charge is -2.27. The normalized spacial score (nSPS) is 20.8. The molecule has 1 saturated carbocycles. The number of fused-ring (bicyclic) bond motifs is 1. The standard InChI is InChI=1S/C24H29N5O3/c1-31-19-4-3-5-20(32-2)22(19)18-13-26-23-16(18)6-7-21(27-23)28-24(30)17-12-15(17)14-29-10-8-25-9-11-29/h3-7,13,15,17,25H,8-12,14H2,1-2H3,(H2,26,27,28,30)/t15-,17+/m0/s1. The minimum Gasteiger partial charge on any atom is -0.496 e. The molecule has 0 spiro atoms. The molecular weight excluding hydrogens is 406 g/mol. The summed E-state index contributed by atoms with van der Waals surface area (Å²) in [6, 6.07) is 9.54. The summed E-state index contributed by atoms with van der Waals surface area (Å²) in [6.45, 7) is 5.20. The van der Waals surface area contributed by atoms with E-state index in [0.717, 1.165) is 67.2 Å². The lowest BCUT2D eigenvalue weighted by atomic mass is 10.0. The first-order chi connectivity index (χ1) is 15.7. The van der Waals surface area contributed by atoms with Crippen molar-refractivity contribution < 1.29 is 14.3 Å². The van der Waals surface area contributed by atoms with E-state index < -0.39 is 0 Å². The fraction of sp³-hybridized carbons (Fsp3) is 0.417. The van der Waals surface area contributed by atoms with E-state index in [0.29, 0.717) is 17.4 Å². The quantitative estimate of drug-likeness (QED) is 0.529. The summed E-state index contributed by atoms with van der Waals surface area (Å²) >= 11 is 0. The topological polar surface area (TPSA) is 91.5 Å². The number of methoxy groups -OCH3 is 2. The molecule has 0 radical (unpaired) electrons. The number of aromatic amines is 1. The highest BCUT2D eigenvalue weighted by Crippen LogP contribution is 2.42. The van der Waals surface area contributed by atoms with Gasteiger partial charge in [-0.15, -0.1) is 0 Å². The molecule has 3 heterocycles. The molecule has 0 unspecified atom stereocenters. The number of hydrogen-bond donors (Lipinski definition) is 3. The zero-order valence-corrected chi connectivity index (χ0v) is 18.5. The molecule has 8 nitrogen and oxygen atoms in total. The third-order valence-corrected chi connectivity index (χ3v) is 6.45.